The highest BCUT2D eigenvalue weighted by Gasteiger charge is 2.13. The van der Waals surface area contributed by atoms with E-state index < -0.39 is 0 Å². The van der Waals surface area contributed by atoms with Crippen LogP contribution in [-0.4, -0.2) is 5.10 Å². The predicted molar refractivity (Wildman–Crippen MR) is 54.9 cm³/mol. The molecule has 0 aromatic carbocycles. The molecule has 0 saturated heterocycles. The molecule has 0 aliphatic carbocycles. The Kier molecular flexibility index (Phi) is 1.33. The Morgan fingerprint density at radius 2 is 1.92 bits per heavy atom. The van der Waals surface area contributed by atoms with Crippen LogP contribution in [-0.2, 0) is 0 Å². The molecular weight excluding hydrogens is 204 g/mol. The lowest BCUT2D eigenvalue weighted by molar-refractivity contribution is -0.530. The van der Waals surface area contributed by atoms with Gasteiger partial charge in [-0.2, -0.15) is 0 Å². The summed E-state index contributed by atoms with van der Waals surface area (Å²) in [5, 5.41) is 8.88. The molecule has 0 amide bonds. The number of rotatable bonds is 0. The van der Waals surface area contributed by atoms with E-state index in [4.69, 9.17) is 0 Å². The van der Waals surface area contributed by atoms with E-state index in [1.54, 1.807) is 11.3 Å². The van der Waals surface area contributed by atoms with Crippen LogP contribution in [0.4, 0.5) is 0 Å². The standard InChI is InChI=1S/C8H5N2OS2/c11-10-8-6(2-4-13-8)5-1-3-12-7(5)9-10/h1-4H,(H,9,11)/q+1. The summed E-state index contributed by atoms with van der Waals surface area (Å²) in [6, 6.07) is 4.02. The van der Waals surface area contributed by atoms with Crippen molar-refractivity contribution in [2.45, 2.75) is 0 Å². The van der Waals surface area contributed by atoms with Gasteiger partial charge >= 0.3 is 4.83 Å². The van der Waals surface area contributed by atoms with Crippen LogP contribution < -0.4 is 4.54 Å². The second kappa shape index (κ2) is 2.40. The summed E-state index contributed by atoms with van der Waals surface area (Å²) in [5.74, 6) is 0. The van der Waals surface area contributed by atoms with Gasteiger partial charge < -0.3 is 0 Å². The first-order valence-electron chi connectivity index (χ1n) is 3.75. The summed E-state index contributed by atoms with van der Waals surface area (Å²) in [5.41, 5.74) is 0. The molecule has 0 fully saturated rings. The molecule has 13 heavy (non-hydrogen) atoms. The molecule has 0 aliphatic rings. The zero-order chi connectivity index (χ0) is 8.84. The normalized spacial score (nSPS) is 11.4. The predicted octanol–water partition coefficient (Wildman–Crippen LogP) is 2.36. The topological polar surface area (TPSA) is 38.8 Å². The van der Waals surface area contributed by atoms with E-state index in [2.05, 4.69) is 5.10 Å². The molecule has 64 valence electrons. The van der Waals surface area contributed by atoms with Crippen LogP contribution in [0.5, 0.6) is 0 Å². The molecule has 0 aliphatic heterocycles. The quantitative estimate of drug-likeness (QED) is 0.567. The maximum Gasteiger partial charge on any atom is 0.354 e. The van der Waals surface area contributed by atoms with Gasteiger partial charge in [-0.05, 0) is 22.9 Å². The number of aromatic nitrogens is 2. The Bertz CT molecular complexity index is 634. The van der Waals surface area contributed by atoms with Crippen molar-refractivity contribution in [3.05, 3.63) is 27.8 Å². The number of thiophene rings is 2. The van der Waals surface area contributed by atoms with E-state index in [9.17, 15) is 4.91 Å². The lowest BCUT2D eigenvalue weighted by Gasteiger charge is -1.83. The van der Waals surface area contributed by atoms with E-state index >= 15 is 0 Å². The van der Waals surface area contributed by atoms with Crippen LogP contribution >= 0.6 is 22.7 Å². The Morgan fingerprint density at radius 3 is 2.85 bits per heavy atom. The minimum absolute atomic E-state index is 0.742. The van der Waals surface area contributed by atoms with Crippen molar-refractivity contribution < 1.29 is 4.54 Å². The van der Waals surface area contributed by atoms with Gasteiger partial charge in [-0.1, -0.05) is 11.3 Å². The highest BCUT2D eigenvalue weighted by molar-refractivity contribution is 7.18. The summed E-state index contributed by atoms with van der Waals surface area (Å²) < 4.78 is 0.832. The lowest BCUT2D eigenvalue weighted by atomic mass is 10.3. The van der Waals surface area contributed by atoms with Crippen molar-refractivity contribution in [2.75, 3.05) is 0 Å². The molecule has 3 aromatic rings. The van der Waals surface area contributed by atoms with Crippen molar-refractivity contribution in [1.29, 1.82) is 0 Å². The summed E-state index contributed by atoms with van der Waals surface area (Å²) >= 11 is 3.00. The average Bonchev–Trinajstić information content (AvgIpc) is 2.66. The monoisotopic (exact) mass is 209 g/mol. The maximum absolute atomic E-state index is 11.4. The number of H-pyrrole nitrogens is 1. The highest BCUT2D eigenvalue weighted by atomic mass is 32.1. The van der Waals surface area contributed by atoms with E-state index in [-0.39, 0.29) is 0 Å². The number of nitrogens with zero attached hydrogens (tertiary/aromatic N) is 1. The lowest BCUT2D eigenvalue weighted by Crippen LogP contribution is -2.18. The second-order valence-corrected chi connectivity index (χ2v) is 4.52. The van der Waals surface area contributed by atoms with Gasteiger partial charge in [0.05, 0.1) is 10.3 Å². The second-order valence-electron chi connectivity index (χ2n) is 2.71. The first kappa shape index (κ1) is 7.23. The van der Waals surface area contributed by atoms with Gasteiger partial charge in [0.2, 0.25) is 0 Å². The fourth-order valence-electron chi connectivity index (χ4n) is 1.41. The molecule has 3 aromatic heterocycles. The molecule has 3 heterocycles. The molecule has 3 nitrogen and oxygen atoms in total. The van der Waals surface area contributed by atoms with Gasteiger partial charge in [-0.3, -0.25) is 0 Å². The molecule has 0 spiro atoms. The van der Waals surface area contributed by atoms with Crippen molar-refractivity contribution in [3.8, 4) is 0 Å². The van der Waals surface area contributed by atoms with Crippen molar-refractivity contribution in [3.63, 3.8) is 0 Å². The molecule has 0 bridgehead atoms. The summed E-state index contributed by atoms with van der Waals surface area (Å²) in [7, 11) is 0. The van der Waals surface area contributed by atoms with Gasteiger partial charge in [0.15, 0.2) is 9.37 Å². The number of nitrogens with one attached hydrogen (secondary N) is 1. The smallest absolute Gasteiger partial charge is 0.121 e. The van der Waals surface area contributed by atoms with Gasteiger partial charge in [0.1, 0.15) is 0 Å². The third kappa shape index (κ3) is 0.882. The highest BCUT2D eigenvalue weighted by Crippen LogP contribution is 2.26. The van der Waals surface area contributed by atoms with Crippen molar-refractivity contribution in [2.24, 2.45) is 0 Å². The third-order valence-corrected chi connectivity index (χ3v) is 3.69. The first-order chi connectivity index (χ1) is 6.36. The minimum atomic E-state index is 0.742. The van der Waals surface area contributed by atoms with Crippen LogP contribution in [0.15, 0.2) is 22.9 Å². The number of hydrogen-bond acceptors (Lipinski definition) is 3. The van der Waals surface area contributed by atoms with Crippen molar-refractivity contribution in [1.82, 2.24) is 5.10 Å². The maximum atomic E-state index is 11.4. The molecular formula is C8H5N2OS2+. The molecule has 0 atom stereocenters. The van der Waals surface area contributed by atoms with Gasteiger partial charge in [-0.25, -0.2) is 0 Å². The van der Waals surface area contributed by atoms with E-state index in [0.717, 1.165) is 25.0 Å². The van der Waals surface area contributed by atoms with E-state index in [1.165, 1.54) is 11.3 Å². The summed E-state index contributed by atoms with van der Waals surface area (Å²) in [6.07, 6.45) is 0. The first-order valence-corrected chi connectivity index (χ1v) is 5.51. The van der Waals surface area contributed by atoms with E-state index in [0.29, 0.717) is 0 Å². The van der Waals surface area contributed by atoms with Gasteiger partial charge in [-0.15, -0.1) is 16.4 Å². The van der Waals surface area contributed by atoms with Crippen LogP contribution in [0, 0.1) is 4.91 Å². The molecule has 0 saturated carbocycles. The molecule has 3 rings (SSSR count). The zero-order valence-corrected chi connectivity index (χ0v) is 8.11. The average molecular weight is 209 g/mol. The SMILES string of the molecule is O=[n+]1[nH]c2sccc2c2ccsc21. The molecule has 1 N–H and O–H groups in total. The fourth-order valence-corrected chi connectivity index (χ4v) is 2.97. The number of fused-ring (bicyclic) bond motifs is 3. The number of aromatic amines is 1. The Labute approximate surface area is 80.8 Å². The van der Waals surface area contributed by atoms with Crippen LogP contribution in [0.25, 0.3) is 20.4 Å². The van der Waals surface area contributed by atoms with Gasteiger partial charge in [0.25, 0.3) is 0 Å². The van der Waals surface area contributed by atoms with Crippen LogP contribution in [0.1, 0.15) is 0 Å². The number of hydrogen-bond donors (Lipinski definition) is 1. The Morgan fingerprint density at radius 1 is 1.15 bits per heavy atom. The molecule has 5 heteroatoms. The zero-order valence-electron chi connectivity index (χ0n) is 6.48. The third-order valence-electron chi connectivity index (χ3n) is 1.99. The Hall–Kier alpha value is -1.20. The van der Waals surface area contributed by atoms with E-state index in [1.807, 2.05) is 22.9 Å². The van der Waals surface area contributed by atoms with Crippen molar-refractivity contribution >= 4 is 43.1 Å². The summed E-state index contributed by atoms with van der Waals surface area (Å²) in [4.78, 5) is 13.1. The minimum Gasteiger partial charge on any atom is -0.121 e. The molecule has 0 unspecified atom stereocenters. The van der Waals surface area contributed by atoms with Crippen LogP contribution in [0.2, 0.25) is 0 Å². The largest absolute Gasteiger partial charge is 0.354 e. The summed E-state index contributed by atoms with van der Waals surface area (Å²) in [6.45, 7) is 0. The fraction of sp³-hybridized carbons (Fsp3) is 0. The van der Waals surface area contributed by atoms with Crippen LogP contribution in [0.3, 0.4) is 0 Å². The van der Waals surface area contributed by atoms with Gasteiger partial charge in [0, 0.05) is 5.39 Å². The Balaban J connectivity index is 2.79. The molecule has 0 radical (unpaired) electrons.